The van der Waals surface area contributed by atoms with Crippen molar-refractivity contribution in [3.63, 3.8) is 0 Å². The molecule has 0 fully saturated rings. The lowest BCUT2D eigenvalue weighted by molar-refractivity contribution is 0.569. The van der Waals surface area contributed by atoms with Crippen LogP contribution in [0.5, 0.6) is 0 Å². The number of rotatable bonds is 5. The van der Waals surface area contributed by atoms with Gasteiger partial charge in [-0.3, -0.25) is 0 Å². The fourth-order valence-electron chi connectivity index (χ4n) is 1.74. The van der Waals surface area contributed by atoms with E-state index in [1.165, 1.54) is 0 Å². The topological polar surface area (TPSA) is 72.2 Å². The molecular weight excluding hydrogens is 316 g/mol. The zero-order chi connectivity index (χ0) is 14.8. The summed E-state index contributed by atoms with van der Waals surface area (Å²) in [6.45, 7) is 2.11. The molecule has 108 valence electrons. The molecular formula is C13H15ClN2O2S2. The van der Waals surface area contributed by atoms with Gasteiger partial charge in [0.1, 0.15) is 4.21 Å². The van der Waals surface area contributed by atoms with Crippen LogP contribution in [-0.4, -0.2) is 8.42 Å². The Hall–Kier alpha value is -0.920. The number of nitrogens with one attached hydrogen (secondary N) is 1. The lowest BCUT2D eigenvalue weighted by Gasteiger charge is -2.14. The fraction of sp³-hybridized carbons (Fsp3) is 0.231. The predicted octanol–water partition coefficient (Wildman–Crippen LogP) is 2.90. The van der Waals surface area contributed by atoms with E-state index in [4.69, 9.17) is 17.3 Å². The molecule has 1 unspecified atom stereocenters. The molecule has 2 rings (SSSR count). The molecule has 0 radical (unpaired) electrons. The van der Waals surface area contributed by atoms with Crippen LogP contribution in [0.15, 0.2) is 39.9 Å². The maximum atomic E-state index is 12.3. The first-order chi connectivity index (χ1) is 9.42. The monoisotopic (exact) mass is 330 g/mol. The molecule has 0 saturated heterocycles. The van der Waals surface area contributed by atoms with Crippen LogP contribution >= 0.6 is 22.9 Å². The largest absolute Gasteiger partial charge is 0.326 e. The van der Waals surface area contributed by atoms with E-state index in [-0.39, 0.29) is 10.3 Å². The van der Waals surface area contributed by atoms with Crippen LogP contribution in [0.1, 0.15) is 24.1 Å². The average molecular weight is 331 g/mol. The van der Waals surface area contributed by atoms with Gasteiger partial charge in [-0.15, -0.1) is 11.3 Å². The average Bonchev–Trinajstić information content (AvgIpc) is 2.87. The summed E-state index contributed by atoms with van der Waals surface area (Å²) in [4.78, 5) is 0. The number of thiophene rings is 1. The quantitative estimate of drug-likeness (QED) is 0.885. The highest BCUT2D eigenvalue weighted by Crippen LogP contribution is 2.23. The normalized spacial score (nSPS) is 13.3. The molecule has 4 nitrogen and oxygen atoms in total. The molecule has 1 atom stereocenters. The number of hydrogen-bond acceptors (Lipinski definition) is 4. The molecule has 0 aliphatic heterocycles. The third-order valence-electron chi connectivity index (χ3n) is 2.81. The van der Waals surface area contributed by atoms with Crippen molar-refractivity contribution in [1.29, 1.82) is 0 Å². The van der Waals surface area contributed by atoms with E-state index in [1.54, 1.807) is 36.6 Å². The molecule has 0 aliphatic carbocycles. The summed E-state index contributed by atoms with van der Waals surface area (Å²) in [5.74, 6) is 0. The van der Waals surface area contributed by atoms with E-state index >= 15 is 0 Å². The van der Waals surface area contributed by atoms with E-state index in [1.807, 2.05) is 6.07 Å². The second kappa shape index (κ2) is 6.24. The van der Waals surface area contributed by atoms with Gasteiger partial charge in [0.2, 0.25) is 0 Å². The van der Waals surface area contributed by atoms with Gasteiger partial charge in [0.05, 0.1) is 0 Å². The van der Waals surface area contributed by atoms with E-state index in [2.05, 4.69) is 4.72 Å². The first-order valence-corrected chi connectivity index (χ1v) is 8.72. The van der Waals surface area contributed by atoms with Crippen molar-refractivity contribution in [2.75, 3.05) is 0 Å². The maximum absolute atomic E-state index is 12.3. The van der Waals surface area contributed by atoms with Crippen LogP contribution in [0.4, 0.5) is 0 Å². The van der Waals surface area contributed by atoms with Crippen LogP contribution in [0.2, 0.25) is 5.02 Å². The van der Waals surface area contributed by atoms with Gasteiger partial charge < -0.3 is 5.73 Å². The lowest BCUT2D eigenvalue weighted by Crippen LogP contribution is -2.26. The molecule has 1 aromatic carbocycles. The molecule has 20 heavy (non-hydrogen) atoms. The van der Waals surface area contributed by atoms with Gasteiger partial charge >= 0.3 is 0 Å². The van der Waals surface area contributed by atoms with Crippen LogP contribution in [0.3, 0.4) is 0 Å². The number of halogens is 1. The number of sulfonamides is 1. The van der Waals surface area contributed by atoms with Crippen molar-refractivity contribution in [2.24, 2.45) is 5.73 Å². The number of nitrogens with two attached hydrogens (primary N) is 1. The van der Waals surface area contributed by atoms with Gasteiger partial charge in [-0.2, -0.15) is 0 Å². The molecule has 0 aliphatic rings. The van der Waals surface area contributed by atoms with Crippen LogP contribution < -0.4 is 10.5 Å². The summed E-state index contributed by atoms with van der Waals surface area (Å²) in [5, 5.41) is 2.33. The highest BCUT2D eigenvalue weighted by molar-refractivity contribution is 7.91. The lowest BCUT2D eigenvalue weighted by atomic mass is 10.1. The molecule has 3 N–H and O–H groups in total. The Morgan fingerprint density at radius 2 is 2.15 bits per heavy atom. The second-order valence-corrected chi connectivity index (χ2v) is 7.66. The maximum Gasteiger partial charge on any atom is 0.250 e. The first-order valence-electron chi connectivity index (χ1n) is 5.97. The molecule has 0 bridgehead atoms. The van der Waals surface area contributed by atoms with E-state index < -0.39 is 10.0 Å². The summed E-state index contributed by atoms with van der Waals surface area (Å²) in [6.07, 6.45) is 0. The van der Waals surface area contributed by atoms with Gasteiger partial charge in [-0.1, -0.05) is 23.7 Å². The Balaban J connectivity index is 2.19. The van der Waals surface area contributed by atoms with Gasteiger partial charge in [-0.25, -0.2) is 13.1 Å². The molecule has 0 amide bonds. The van der Waals surface area contributed by atoms with Crippen LogP contribution in [0, 0.1) is 0 Å². The zero-order valence-electron chi connectivity index (χ0n) is 10.8. The Morgan fingerprint density at radius 3 is 2.75 bits per heavy atom. The van der Waals surface area contributed by atoms with E-state index in [0.717, 1.165) is 22.5 Å². The molecule has 0 saturated carbocycles. The van der Waals surface area contributed by atoms with Crippen LogP contribution in [-0.2, 0) is 16.6 Å². The predicted molar refractivity (Wildman–Crippen MR) is 82.4 cm³/mol. The van der Waals surface area contributed by atoms with Gasteiger partial charge in [-0.05, 0) is 41.6 Å². The van der Waals surface area contributed by atoms with Crippen LogP contribution in [0.25, 0.3) is 0 Å². The number of hydrogen-bond donors (Lipinski definition) is 2. The van der Waals surface area contributed by atoms with E-state index in [9.17, 15) is 8.42 Å². The molecule has 7 heteroatoms. The first kappa shape index (κ1) is 15.5. The molecule has 2 aromatic rings. The molecule has 1 aromatic heterocycles. The highest BCUT2D eigenvalue weighted by atomic mass is 35.5. The summed E-state index contributed by atoms with van der Waals surface area (Å²) in [7, 11) is -3.54. The summed E-state index contributed by atoms with van der Waals surface area (Å²) < 4.78 is 27.4. The summed E-state index contributed by atoms with van der Waals surface area (Å²) in [6, 6.07) is 8.35. The zero-order valence-corrected chi connectivity index (χ0v) is 13.2. The van der Waals surface area contributed by atoms with Crippen molar-refractivity contribution in [3.05, 3.63) is 51.9 Å². The van der Waals surface area contributed by atoms with Gasteiger partial charge in [0, 0.05) is 17.6 Å². The molecule has 0 spiro atoms. The van der Waals surface area contributed by atoms with Crippen molar-refractivity contribution < 1.29 is 8.42 Å². The minimum Gasteiger partial charge on any atom is -0.326 e. The van der Waals surface area contributed by atoms with Gasteiger partial charge in [0.25, 0.3) is 10.0 Å². The Morgan fingerprint density at radius 1 is 1.40 bits per heavy atom. The Bertz CT molecular complexity index is 698. The summed E-state index contributed by atoms with van der Waals surface area (Å²) in [5.41, 5.74) is 7.12. The van der Waals surface area contributed by atoms with Crippen molar-refractivity contribution in [3.8, 4) is 0 Å². The third-order valence-corrected chi connectivity index (χ3v) is 6.08. The second-order valence-electron chi connectivity index (χ2n) is 4.38. The van der Waals surface area contributed by atoms with Crippen molar-refractivity contribution in [1.82, 2.24) is 4.72 Å². The minimum atomic E-state index is -3.54. The highest BCUT2D eigenvalue weighted by Gasteiger charge is 2.20. The van der Waals surface area contributed by atoms with E-state index in [0.29, 0.717) is 11.6 Å². The SMILES string of the molecule is CC(NS(=O)(=O)c1cc(CN)cs1)c1cccc(Cl)c1. The smallest absolute Gasteiger partial charge is 0.250 e. The van der Waals surface area contributed by atoms with Crippen molar-refractivity contribution in [2.45, 2.75) is 23.7 Å². The Labute approximate surface area is 127 Å². The third kappa shape index (κ3) is 3.59. The Kier molecular flexibility index (Phi) is 4.82. The van der Waals surface area contributed by atoms with Gasteiger partial charge in [0.15, 0.2) is 0 Å². The van der Waals surface area contributed by atoms with Crippen molar-refractivity contribution >= 4 is 33.0 Å². The molecule has 1 heterocycles. The fourth-order valence-corrected chi connectivity index (χ4v) is 4.41. The summed E-state index contributed by atoms with van der Waals surface area (Å²) >= 11 is 7.08. The standard InChI is InChI=1S/C13H15ClN2O2S2/c1-9(11-3-2-4-12(14)6-11)16-20(17,18)13-5-10(7-15)8-19-13/h2-6,8-9,16H,7,15H2,1H3. The number of benzene rings is 1. The minimum absolute atomic E-state index is 0.270.